The molecule has 2 unspecified atom stereocenters. The Morgan fingerprint density at radius 1 is 1.12 bits per heavy atom. The lowest BCUT2D eigenvalue weighted by molar-refractivity contribution is -0.141. The number of carbonyl (C=O) groups excluding carboxylic acids is 1. The number of hydrogen-bond acceptors (Lipinski definition) is 5. The second-order valence-electron chi connectivity index (χ2n) is 5.63. The molecule has 24 heavy (non-hydrogen) atoms. The SMILES string of the molecule is COc1ccc(C(=O)N2CC(C(=O)O)C(c3ccccc3)C2)nn1. The number of carboxylic acids is 1. The number of amides is 1. The number of aliphatic carboxylic acids is 1. The van der Waals surface area contributed by atoms with Gasteiger partial charge in [0.05, 0.1) is 13.0 Å². The molecule has 0 bridgehead atoms. The van der Waals surface area contributed by atoms with E-state index in [4.69, 9.17) is 4.74 Å². The highest BCUT2D eigenvalue weighted by atomic mass is 16.5. The number of aromatic nitrogens is 2. The molecule has 2 heterocycles. The fourth-order valence-corrected chi connectivity index (χ4v) is 2.96. The average molecular weight is 327 g/mol. The molecule has 7 nitrogen and oxygen atoms in total. The molecule has 2 atom stereocenters. The molecule has 0 aliphatic carbocycles. The predicted octanol–water partition coefficient (Wildman–Crippen LogP) is 1.43. The number of likely N-dealkylation sites (tertiary alicyclic amines) is 1. The summed E-state index contributed by atoms with van der Waals surface area (Å²) in [5, 5.41) is 17.1. The molecule has 2 aromatic rings. The number of benzene rings is 1. The summed E-state index contributed by atoms with van der Waals surface area (Å²) in [6, 6.07) is 12.5. The van der Waals surface area contributed by atoms with Crippen molar-refractivity contribution >= 4 is 11.9 Å². The van der Waals surface area contributed by atoms with Gasteiger partial charge in [0, 0.05) is 25.1 Å². The molecule has 124 valence electrons. The first-order valence-electron chi connectivity index (χ1n) is 7.55. The Bertz CT molecular complexity index is 733. The second kappa shape index (κ2) is 6.66. The van der Waals surface area contributed by atoms with E-state index in [1.807, 2.05) is 30.3 Å². The zero-order valence-corrected chi connectivity index (χ0v) is 13.1. The van der Waals surface area contributed by atoms with Crippen LogP contribution in [0.2, 0.25) is 0 Å². The van der Waals surface area contributed by atoms with Crippen molar-refractivity contribution in [1.29, 1.82) is 0 Å². The van der Waals surface area contributed by atoms with Crippen LogP contribution in [-0.4, -0.2) is 52.3 Å². The molecule has 1 amide bonds. The molecular formula is C17H17N3O4. The van der Waals surface area contributed by atoms with Crippen LogP contribution in [0.5, 0.6) is 5.88 Å². The Morgan fingerprint density at radius 3 is 2.46 bits per heavy atom. The standard InChI is InChI=1S/C17H17N3O4/c1-24-15-8-7-14(18-19-15)16(21)20-9-12(13(10-20)17(22)23)11-5-3-2-4-6-11/h2-8,12-13H,9-10H2,1H3,(H,22,23). The first-order chi connectivity index (χ1) is 11.6. The van der Waals surface area contributed by atoms with Crippen LogP contribution < -0.4 is 4.74 Å². The Balaban J connectivity index is 1.82. The lowest BCUT2D eigenvalue weighted by Gasteiger charge is -2.16. The molecule has 1 saturated heterocycles. The molecule has 0 saturated carbocycles. The van der Waals surface area contributed by atoms with Crippen LogP contribution in [0.15, 0.2) is 42.5 Å². The first kappa shape index (κ1) is 15.9. The van der Waals surface area contributed by atoms with Crippen LogP contribution in [0.1, 0.15) is 22.0 Å². The third-order valence-electron chi connectivity index (χ3n) is 4.22. The molecule has 1 fully saturated rings. The van der Waals surface area contributed by atoms with Gasteiger partial charge in [-0.15, -0.1) is 10.2 Å². The molecule has 0 radical (unpaired) electrons. The third-order valence-corrected chi connectivity index (χ3v) is 4.22. The third kappa shape index (κ3) is 3.05. The normalized spacial score (nSPS) is 20.0. The van der Waals surface area contributed by atoms with Gasteiger partial charge in [-0.05, 0) is 11.6 Å². The van der Waals surface area contributed by atoms with Gasteiger partial charge >= 0.3 is 5.97 Å². The highest BCUT2D eigenvalue weighted by Crippen LogP contribution is 2.33. The Kier molecular flexibility index (Phi) is 4.41. The molecule has 1 aromatic carbocycles. The zero-order chi connectivity index (χ0) is 17.1. The van der Waals surface area contributed by atoms with Gasteiger partial charge in [-0.2, -0.15) is 0 Å². The van der Waals surface area contributed by atoms with E-state index in [0.29, 0.717) is 12.4 Å². The number of nitrogens with zero attached hydrogens (tertiary/aromatic N) is 3. The van der Waals surface area contributed by atoms with Crippen molar-refractivity contribution in [2.75, 3.05) is 20.2 Å². The molecule has 0 spiro atoms. The van der Waals surface area contributed by atoms with Crippen molar-refractivity contribution in [3.63, 3.8) is 0 Å². The van der Waals surface area contributed by atoms with Crippen molar-refractivity contribution < 1.29 is 19.4 Å². The van der Waals surface area contributed by atoms with E-state index in [1.54, 1.807) is 6.07 Å². The molecule has 1 aromatic heterocycles. The lowest BCUT2D eigenvalue weighted by atomic mass is 9.89. The maximum absolute atomic E-state index is 12.6. The van der Waals surface area contributed by atoms with Crippen molar-refractivity contribution in [2.45, 2.75) is 5.92 Å². The molecular weight excluding hydrogens is 310 g/mol. The fourth-order valence-electron chi connectivity index (χ4n) is 2.96. The van der Waals surface area contributed by atoms with Crippen LogP contribution in [0.4, 0.5) is 0 Å². The first-order valence-corrected chi connectivity index (χ1v) is 7.55. The topological polar surface area (TPSA) is 92.6 Å². The van der Waals surface area contributed by atoms with Crippen LogP contribution >= 0.6 is 0 Å². The van der Waals surface area contributed by atoms with Gasteiger partial charge in [0.15, 0.2) is 5.69 Å². The number of carbonyl (C=O) groups is 2. The van der Waals surface area contributed by atoms with Crippen LogP contribution in [0, 0.1) is 5.92 Å². The summed E-state index contributed by atoms with van der Waals surface area (Å²) in [7, 11) is 1.47. The van der Waals surface area contributed by atoms with E-state index in [1.165, 1.54) is 18.1 Å². The van der Waals surface area contributed by atoms with Crippen LogP contribution in [0.3, 0.4) is 0 Å². The van der Waals surface area contributed by atoms with Gasteiger partial charge in [0.2, 0.25) is 5.88 Å². The minimum absolute atomic E-state index is 0.154. The minimum atomic E-state index is -0.903. The van der Waals surface area contributed by atoms with Crippen molar-refractivity contribution in [1.82, 2.24) is 15.1 Å². The van der Waals surface area contributed by atoms with E-state index in [0.717, 1.165) is 5.56 Å². The number of carboxylic acid groups (broad SMARTS) is 1. The second-order valence-corrected chi connectivity index (χ2v) is 5.63. The Labute approximate surface area is 138 Å². The summed E-state index contributed by atoms with van der Waals surface area (Å²) < 4.78 is 4.92. The Hall–Kier alpha value is -2.96. The smallest absolute Gasteiger partial charge is 0.308 e. The van der Waals surface area contributed by atoms with Crippen molar-refractivity contribution in [2.24, 2.45) is 5.92 Å². The van der Waals surface area contributed by atoms with Crippen molar-refractivity contribution in [3.8, 4) is 5.88 Å². The van der Waals surface area contributed by atoms with E-state index < -0.39 is 11.9 Å². The van der Waals surface area contributed by atoms with Crippen molar-refractivity contribution in [3.05, 3.63) is 53.7 Å². The van der Waals surface area contributed by atoms with Gasteiger partial charge < -0.3 is 14.7 Å². The maximum Gasteiger partial charge on any atom is 0.308 e. The molecule has 1 aliphatic rings. The van der Waals surface area contributed by atoms with Gasteiger partial charge in [0.1, 0.15) is 0 Å². The lowest BCUT2D eigenvalue weighted by Crippen LogP contribution is -2.30. The highest BCUT2D eigenvalue weighted by Gasteiger charge is 2.40. The number of rotatable bonds is 4. The van der Waals surface area contributed by atoms with Gasteiger partial charge in [0.25, 0.3) is 5.91 Å². The summed E-state index contributed by atoms with van der Waals surface area (Å²) in [5.41, 5.74) is 1.09. The minimum Gasteiger partial charge on any atom is -0.481 e. The molecule has 1 N–H and O–H groups in total. The predicted molar refractivity (Wildman–Crippen MR) is 84.8 cm³/mol. The zero-order valence-electron chi connectivity index (χ0n) is 13.1. The molecule has 3 rings (SSSR count). The van der Waals surface area contributed by atoms with Gasteiger partial charge in [-0.25, -0.2) is 0 Å². The fraction of sp³-hybridized carbons (Fsp3) is 0.294. The summed E-state index contributed by atoms with van der Waals surface area (Å²) >= 11 is 0. The van der Waals surface area contributed by atoms with E-state index in [2.05, 4.69) is 10.2 Å². The maximum atomic E-state index is 12.6. The molecule has 1 aliphatic heterocycles. The van der Waals surface area contributed by atoms with Gasteiger partial charge in [-0.3, -0.25) is 9.59 Å². The number of ether oxygens (including phenoxy) is 1. The monoisotopic (exact) mass is 327 g/mol. The van der Waals surface area contributed by atoms with Crippen LogP contribution in [0.25, 0.3) is 0 Å². The molecule has 7 heteroatoms. The summed E-state index contributed by atoms with van der Waals surface area (Å²) in [6.45, 7) is 0.495. The number of hydrogen-bond donors (Lipinski definition) is 1. The highest BCUT2D eigenvalue weighted by molar-refractivity contribution is 5.93. The van der Waals surface area contributed by atoms with Crippen LogP contribution in [-0.2, 0) is 4.79 Å². The summed E-state index contributed by atoms with van der Waals surface area (Å²) in [4.78, 5) is 25.7. The largest absolute Gasteiger partial charge is 0.481 e. The van der Waals surface area contributed by atoms with Gasteiger partial charge in [-0.1, -0.05) is 30.3 Å². The average Bonchev–Trinajstić information content (AvgIpc) is 3.07. The summed E-state index contributed by atoms with van der Waals surface area (Å²) in [6.07, 6.45) is 0. The quantitative estimate of drug-likeness (QED) is 0.913. The van der Waals surface area contributed by atoms with E-state index >= 15 is 0 Å². The van der Waals surface area contributed by atoms with E-state index in [9.17, 15) is 14.7 Å². The number of methoxy groups -OCH3 is 1. The Morgan fingerprint density at radius 2 is 1.88 bits per heavy atom. The summed E-state index contributed by atoms with van der Waals surface area (Å²) in [5.74, 6) is -1.78. The van der Waals surface area contributed by atoms with E-state index in [-0.39, 0.29) is 24.1 Å².